The molecule has 0 aliphatic heterocycles. The molecule has 0 radical (unpaired) electrons. The molecule has 0 saturated carbocycles. The van der Waals surface area contributed by atoms with E-state index in [9.17, 15) is 0 Å². The van der Waals surface area contributed by atoms with Crippen LogP contribution in [0.4, 0.5) is 0 Å². The number of fused-ring (bicyclic) bond motifs is 14. The summed E-state index contributed by atoms with van der Waals surface area (Å²) < 4.78 is 6.85. The largest absolute Gasteiger partial charge is 0.455 e. The first-order valence-electron chi connectivity index (χ1n) is 15.5. The second-order valence-electron chi connectivity index (χ2n) is 12.0. The van der Waals surface area contributed by atoms with Crippen molar-refractivity contribution in [3.05, 3.63) is 158 Å². The number of rotatable bonds is 2. The van der Waals surface area contributed by atoms with Crippen LogP contribution in [0.2, 0.25) is 0 Å². The molecule has 0 spiro atoms. The summed E-state index contributed by atoms with van der Waals surface area (Å²) >= 11 is 0. The molecule has 208 valence electrons. The highest BCUT2D eigenvalue weighted by atomic mass is 16.3. The van der Waals surface area contributed by atoms with Crippen LogP contribution in [0.25, 0.3) is 98.1 Å². The normalized spacial score (nSPS) is 12.0. The zero-order valence-corrected chi connectivity index (χ0v) is 24.4. The maximum Gasteiger partial charge on any atom is 0.143 e. The van der Waals surface area contributed by atoms with E-state index in [1.807, 2.05) is 0 Å². The van der Waals surface area contributed by atoms with Gasteiger partial charge in [0.2, 0.25) is 0 Å². The van der Waals surface area contributed by atoms with Gasteiger partial charge >= 0.3 is 0 Å². The molecule has 0 amide bonds. The second kappa shape index (κ2) is 9.29. The van der Waals surface area contributed by atoms with Crippen molar-refractivity contribution in [2.75, 3.05) is 0 Å². The summed E-state index contributed by atoms with van der Waals surface area (Å²) in [6.45, 7) is 0. The van der Waals surface area contributed by atoms with Crippen molar-refractivity contribution in [3.8, 4) is 22.3 Å². The Balaban J connectivity index is 1.20. The van der Waals surface area contributed by atoms with E-state index in [1.165, 1.54) is 65.0 Å². The number of furan rings is 1. The van der Waals surface area contributed by atoms with Gasteiger partial charge in [-0.2, -0.15) is 0 Å². The van der Waals surface area contributed by atoms with E-state index in [-0.39, 0.29) is 0 Å². The van der Waals surface area contributed by atoms with Crippen LogP contribution in [0.1, 0.15) is 0 Å². The van der Waals surface area contributed by atoms with Crippen LogP contribution in [0.5, 0.6) is 0 Å². The first-order chi connectivity index (χ1) is 22.3. The van der Waals surface area contributed by atoms with Gasteiger partial charge in [0, 0.05) is 21.7 Å². The smallest absolute Gasteiger partial charge is 0.143 e. The van der Waals surface area contributed by atoms with Crippen LogP contribution < -0.4 is 0 Å². The molecule has 0 unspecified atom stereocenters. The van der Waals surface area contributed by atoms with Crippen LogP contribution >= 0.6 is 0 Å². The second-order valence-corrected chi connectivity index (χ2v) is 12.0. The van der Waals surface area contributed by atoms with Crippen LogP contribution in [0, 0.1) is 0 Å². The molecule has 1 heterocycles. The minimum Gasteiger partial charge on any atom is -0.455 e. The first kappa shape index (κ1) is 24.5. The molecular formula is C44H26O. The molecule has 10 rings (SSSR count). The predicted molar refractivity (Wildman–Crippen MR) is 192 cm³/mol. The lowest BCUT2D eigenvalue weighted by atomic mass is 9.91. The van der Waals surface area contributed by atoms with E-state index >= 15 is 0 Å². The van der Waals surface area contributed by atoms with Crippen molar-refractivity contribution in [1.29, 1.82) is 0 Å². The maximum absolute atomic E-state index is 6.85. The van der Waals surface area contributed by atoms with Gasteiger partial charge < -0.3 is 4.42 Å². The molecule has 0 aliphatic rings. The van der Waals surface area contributed by atoms with Crippen molar-refractivity contribution in [1.82, 2.24) is 0 Å². The average Bonchev–Trinajstić information content (AvgIpc) is 3.52. The van der Waals surface area contributed by atoms with E-state index in [2.05, 4.69) is 158 Å². The number of para-hydroxylation sites is 1. The number of hydrogen-bond donors (Lipinski definition) is 0. The maximum atomic E-state index is 6.85. The van der Waals surface area contributed by atoms with Crippen molar-refractivity contribution < 1.29 is 4.42 Å². The Morgan fingerprint density at radius 1 is 0.267 bits per heavy atom. The lowest BCUT2D eigenvalue weighted by molar-refractivity contribution is 0.674. The molecule has 0 bridgehead atoms. The van der Waals surface area contributed by atoms with E-state index < -0.39 is 0 Å². The molecule has 1 heteroatoms. The number of benzene rings is 9. The Labute approximate surface area is 259 Å². The minimum atomic E-state index is 0.933. The highest BCUT2D eigenvalue weighted by molar-refractivity contribution is 6.31. The van der Waals surface area contributed by atoms with Gasteiger partial charge in [-0.25, -0.2) is 0 Å². The van der Waals surface area contributed by atoms with Crippen LogP contribution in [-0.2, 0) is 0 Å². The molecule has 9 aromatic carbocycles. The monoisotopic (exact) mass is 570 g/mol. The fourth-order valence-electron chi connectivity index (χ4n) is 7.61. The molecule has 0 saturated heterocycles. The summed E-state index contributed by atoms with van der Waals surface area (Å²) in [4.78, 5) is 0. The van der Waals surface area contributed by atoms with Gasteiger partial charge in [0.15, 0.2) is 0 Å². The quantitative estimate of drug-likeness (QED) is 0.188. The van der Waals surface area contributed by atoms with Gasteiger partial charge in [-0.1, -0.05) is 146 Å². The average molecular weight is 571 g/mol. The Morgan fingerprint density at radius 3 is 1.42 bits per heavy atom. The Hall–Kier alpha value is -5.92. The van der Waals surface area contributed by atoms with Gasteiger partial charge in [0.1, 0.15) is 11.2 Å². The third kappa shape index (κ3) is 3.50. The molecule has 1 nitrogen and oxygen atoms in total. The highest BCUT2D eigenvalue weighted by Gasteiger charge is 2.18. The summed E-state index contributed by atoms with van der Waals surface area (Å²) in [5.41, 5.74) is 6.54. The summed E-state index contributed by atoms with van der Waals surface area (Å²) in [7, 11) is 0. The van der Waals surface area contributed by atoms with Crippen molar-refractivity contribution in [2.24, 2.45) is 0 Å². The van der Waals surface area contributed by atoms with E-state index in [4.69, 9.17) is 4.42 Å². The molecule has 10 aromatic rings. The Bertz CT molecular complexity index is 2780. The van der Waals surface area contributed by atoms with Crippen molar-refractivity contribution in [3.63, 3.8) is 0 Å². The van der Waals surface area contributed by atoms with Gasteiger partial charge in [-0.15, -0.1) is 0 Å². The molecule has 1 aromatic heterocycles. The lowest BCUT2D eigenvalue weighted by Crippen LogP contribution is -1.86. The SMILES string of the molecule is c1cc(-c2ccc3c4ccccc4c4ccccc4c3c2)cc(-c2cccc3c2oc2c4ccccc4c4ccccc4c32)c1. The van der Waals surface area contributed by atoms with Gasteiger partial charge in [0.25, 0.3) is 0 Å². The van der Waals surface area contributed by atoms with E-state index in [1.54, 1.807) is 0 Å². The molecular weight excluding hydrogens is 544 g/mol. The zero-order valence-electron chi connectivity index (χ0n) is 24.4. The molecule has 0 N–H and O–H groups in total. The van der Waals surface area contributed by atoms with Crippen LogP contribution in [0.15, 0.2) is 162 Å². The van der Waals surface area contributed by atoms with E-state index in [0.717, 1.165) is 33.1 Å². The van der Waals surface area contributed by atoms with Gasteiger partial charge in [-0.3, -0.25) is 0 Å². The summed E-state index contributed by atoms with van der Waals surface area (Å²) in [5.74, 6) is 0. The fraction of sp³-hybridized carbons (Fsp3) is 0. The summed E-state index contributed by atoms with van der Waals surface area (Å²) in [6, 6.07) is 57.2. The minimum absolute atomic E-state index is 0.933. The first-order valence-corrected chi connectivity index (χ1v) is 15.5. The number of hydrogen-bond acceptors (Lipinski definition) is 1. The standard InChI is InChI=1S/C44H26O/c1-2-15-33-31(13-1)32-14-3-4-18-36(32)41-26-28(23-24-37(33)41)27-11-9-12-29(25-27)30-21-10-22-40-42-38-19-7-5-16-34(38)35-17-6-8-20-39(35)44(42)45-43(30)40/h1-26H. The predicted octanol–water partition coefficient (Wildman–Crippen LogP) is 12.7. The topological polar surface area (TPSA) is 13.1 Å². The van der Waals surface area contributed by atoms with Gasteiger partial charge in [0.05, 0.1) is 0 Å². The lowest BCUT2D eigenvalue weighted by Gasteiger charge is -2.12. The molecule has 45 heavy (non-hydrogen) atoms. The summed E-state index contributed by atoms with van der Waals surface area (Å²) in [5, 5.41) is 14.9. The van der Waals surface area contributed by atoms with Gasteiger partial charge in [-0.05, 0) is 77.3 Å². The Kier molecular flexibility index (Phi) is 5.06. The molecule has 0 fully saturated rings. The third-order valence-electron chi connectivity index (χ3n) is 9.62. The van der Waals surface area contributed by atoms with Crippen molar-refractivity contribution >= 4 is 75.8 Å². The van der Waals surface area contributed by atoms with Crippen molar-refractivity contribution in [2.45, 2.75) is 0 Å². The molecule has 0 atom stereocenters. The fourth-order valence-corrected chi connectivity index (χ4v) is 7.61. The van der Waals surface area contributed by atoms with E-state index in [0.29, 0.717) is 0 Å². The Morgan fingerprint density at radius 2 is 0.733 bits per heavy atom. The molecule has 0 aliphatic carbocycles. The van der Waals surface area contributed by atoms with Crippen LogP contribution in [-0.4, -0.2) is 0 Å². The third-order valence-corrected chi connectivity index (χ3v) is 9.62. The summed E-state index contributed by atoms with van der Waals surface area (Å²) in [6.07, 6.45) is 0. The zero-order chi connectivity index (χ0) is 29.5. The van der Waals surface area contributed by atoms with Crippen LogP contribution in [0.3, 0.4) is 0 Å². The highest BCUT2D eigenvalue weighted by Crippen LogP contribution is 2.44.